The summed E-state index contributed by atoms with van der Waals surface area (Å²) < 4.78 is 10.4. The number of halogens is 1. The standard InChI is InChI=1S/C16H11ClN2O4/c17-12-6-4-10(5-7-12)16-18-15(19-23-16)11-2-1-3-13(8-11)22-9-14(20)21/h1-8H,9H2,(H,20,21). The zero-order chi connectivity index (χ0) is 16.2. The SMILES string of the molecule is O=C(O)COc1cccc(-c2noc(-c3ccc(Cl)cc3)n2)c1. The molecular weight excluding hydrogens is 320 g/mol. The fourth-order valence-electron chi connectivity index (χ4n) is 1.92. The first kappa shape index (κ1) is 15.1. The van der Waals surface area contributed by atoms with E-state index in [-0.39, 0.29) is 0 Å². The van der Waals surface area contributed by atoms with Gasteiger partial charge in [-0.3, -0.25) is 0 Å². The average Bonchev–Trinajstić information content (AvgIpc) is 3.04. The van der Waals surface area contributed by atoms with Crippen LogP contribution in [0.4, 0.5) is 0 Å². The van der Waals surface area contributed by atoms with E-state index in [0.29, 0.717) is 28.1 Å². The van der Waals surface area contributed by atoms with E-state index in [4.69, 9.17) is 26.0 Å². The van der Waals surface area contributed by atoms with Crippen molar-refractivity contribution in [3.8, 4) is 28.6 Å². The lowest BCUT2D eigenvalue weighted by atomic mass is 10.2. The summed E-state index contributed by atoms with van der Waals surface area (Å²) in [5.74, 6) is 0.131. The number of carboxylic acids is 1. The molecule has 0 atom stereocenters. The second kappa shape index (κ2) is 6.50. The maximum atomic E-state index is 10.5. The molecule has 1 aromatic heterocycles. The Morgan fingerprint density at radius 3 is 2.70 bits per heavy atom. The highest BCUT2D eigenvalue weighted by Crippen LogP contribution is 2.25. The topological polar surface area (TPSA) is 85.5 Å². The van der Waals surface area contributed by atoms with Crippen LogP contribution in [0.25, 0.3) is 22.8 Å². The third-order valence-corrected chi connectivity index (χ3v) is 3.22. The van der Waals surface area contributed by atoms with Gasteiger partial charge in [0.05, 0.1) is 0 Å². The van der Waals surface area contributed by atoms with E-state index in [9.17, 15) is 4.79 Å². The van der Waals surface area contributed by atoms with Gasteiger partial charge in [-0.15, -0.1) is 0 Å². The molecule has 6 nitrogen and oxygen atoms in total. The normalized spacial score (nSPS) is 10.5. The van der Waals surface area contributed by atoms with Crippen LogP contribution in [0.1, 0.15) is 0 Å². The molecule has 2 aromatic carbocycles. The molecule has 0 fully saturated rings. The Bertz CT molecular complexity index is 830. The molecule has 0 radical (unpaired) electrons. The molecule has 0 aliphatic heterocycles. The number of carboxylic acid groups (broad SMARTS) is 1. The van der Waals surface area contributed by atoms with Crippen molar-refractivity contribution in [2.75, 3.05) is 6.61 Å². The molecule has 0 aliphatic rings. The molecular formula is C16H11ClN2O4. The molecule has 7 heteroatoms. The Balaban J connectivity index is 1.84. The van der Waals surface area contributed by atoms with Crippen LogP contribution in [0.2, 0.25) is 5.02 Å². The first-order valence-electron chi connectivity index (χ1n) is 6.66. The Kier molecular flexibility index (Phi) is 4.25. The molecule has 116 valence electrons. The highest BCUT2D eigenvalue weighted by molar-refractivity contribution is 6.30. The summed E-state index contributed by atoms with van der Waals surface area (Å²) in [7, 11) is 0. The van der Waals surface area contributed by atoms with Crippen molar-refractivity contribution in [1.82, 2.24) is 10.1 Å². The Morgan fingerprint density at radius 2 is 1.96 bits per heavy atom. The van der Waals surface area contributed by atoms with Crippen molar-refractivity contribution in [2.45, 2.75) is 0 Å². The molecule has 23 heavy (non-hydrogen) atoms. The minimum absolute atomic E-state index is 0.369. The van der Waals surface area contributed by atoms with Crippen molar-refractivity contribution >= 4 is 17.6 Å². The zero-order valence-corrected chi connectivity index (χ0v) is 12.5. The van der Waals surface area contributed by atoms with Gasteiger partial charge in [-0.1, -0.05) is 28.9 Å². The van der Waals surface area contributed by atoms with Gasteiger partial charge in [0.15, 0.2) is 6.61 Å². The number of hydrogen-bond acceptors (Lipinski definition) is 5. The Morgan fingerprint density at radius 1 is 1.17 bits per heavy atom. The predicted molar refractivity (Wildman–Crippen MR) is 83.3 cm³/mol. The van der Waals surface area contributed by atoms with Crippen molar-refractivity contribution < 1.29 is 19.2 Å². The number of aliphatic carboxylic acids is 1. The zero-order valence-electron chi connectivity index (χ0n) is 11.8. The molecule has 1 N–H and O–H groups in total. The van der Waals surface area contributed by atoms with Crippen LogP contribution in [0, 0.1) is 0 Å². The fraction of sp³-hybridized carbons (Fsp3) is 0.0625. The smallest absolute Gasteiger partial charge is 0.341 e. The van der Waals surface area contributed by atoms with Crippen LogP contribution in [-0.4, -0.2) is 27.8 Å². The van der Waals surface area contributed by atoms with Crippen molar-refractivity contribution in [3.63, 3.8) is 0 Å². The third-order valence-electron chi connectivity index (χ3n) is 2.97. The van der Waals surface area contributed by atoms with Gasteiger partial charge in [-0.05, 0) is 36.4 Å². The second-order valence-electron chi connectivity index (χ2n) is 4.64. The van der Waals surface area contributed by atoms with Gasteiger partial charge in [-0.25, -0.2) is 4.79 Å². The van der Waals surface area contributed by atoms with E-state index in [1.807, 2.05) is 0 Å². The summed E-state index contributed by atoms with van der Waals surface area (Å²) in [6.07, 6.45) is 0. The van der Waals surface area contributed by atoms with Crippen molar-refractivity contribution in [3.05, 3.63) is 53.6 Å². The summed E-state index contributed by atoms with van der Waals surface area (Å²) in [5, 5.41) is 13.2. The van der Waals surface area contributed by atoms with Gasteiger partial charge >= 0.3 is 5.97 Å². The molecule has 0 saturated heterocycles. The van der Waals surface area contributed by atoms with Crippen LogP contribution in [0.5, 0.6) is 5.75 Å². The van der Waals surface area contributed by atoms with E-state index in [2.05, 4.69) is 10.1 Å². The van der Waals surface area contributed by atoms with Crippen LogP contribution in [0.15, 0.2) is 53.1 Å². The molecule has 1 heterocycles. The summed E-state index contributed by atoms with van der Waals surface area (Å²) in [4.78, 5) is 14.9. The van der Waals surface area contributed by atoms with Gasteiger partial charge < -0.3 is 14.4 Å². The largest absolute Gasteiger partial charge is 0.482 e. The number of rotatable bonds is 5. The molecule has 3 rings (SSSR count). The summed E-state index contributed by atoms with van der Waals surface area (Å²) in [6.45, 7) is -0.411. The van der Waals surface area contributed by atoms with Crippen LogP contribution in [0.3, 0.4) is 0 Å². The lowest BCUT2D eigenvalue weighted by Crippen LogP contribution is -2.09. The molecule has 0 aliphatic carbocycles. The van der Waals surface area contributed by atoms with Gasteiger partial charge in [0.1, 0.15) is 5.75 Å². The number of aromatic nitrogens is 2. The second-order valence-corrected chi connectivity index (χ2v) is 5.08. The van der Waals surface area contributed by atoms with E-state index in [1.165, 1.54) is 0 Å². The van der Waals surface area contributed by atoms with Crippen molar-refractivity contribution in [1.29, 1.82) is 0 Å². The third kappa shape index (κ3) is 3.67. The maximum Gasteiger partial charge on any atom is 0.341 e. The van der Waals surface area contributed by atoms with Gasteiger partial charge in [0, 0.05) is 16.1 Å². The number of benzene rings is 2. The van der Waals surface area contributed by atoms with E-state index in [1.54, 1.807) is 48.5 Å². The molecule has 3 aromatic rings. The first-order valence-corrected chi connectivity index (χ1v) is 7.04. The number of hydrogen-bond donors (Lipinski definition) is 1. The number of nitrogens with zero attached hydrogens (tertiary/aromatic N) is 2. The van der Waals surface area contributed by atoms with Gasteiger partial charge in [0.2, 0.25) is 5.82 Å². The highest BCUT2D eigenvalue weighted by atomic mass is 35.5. The quantitative estimate of drug-likeness (QED) is 0.770. The summed E-state index contributed by atoms with van der Waals surface area (Å²) in [6, 6.07) is 13.9. The van der Waals surface area contributed by atoms with Crippen LogP contribution >= 0.6 is 11.6 Å². The molecule has 0 spiro atoms. The Labute approximate surface area is 136 Å². The Hall–Kier alpha value is -2.86. The lowest BCUT2D eigenvalue weighted by molar-refractivity contribution is -0.139. The molecule has 0 saturated carbocycles. The van der Waals surface area contributed by atoms with Crippen LogP contribution < -0.4 is 4.74 Å². The van der Waals surface area contributed by atoms with Gasteiger partial charge in [0.25, 0.3) is 5.89 Å². The monoisotopic (exact) mass is 330 g/mol. The molecule has 0 unspecified atom stereocenters. The van der Waals surface area contributed by atoms with E-state index in [0.717, 1.165) is 5.56 Å². The first-order chi connectivity index (χ1) is 11.1. The molecule has 0 amide bonds. The average molecular weight is 331 g/mol. The molecule has 0 bridgehead atoms. The highest BCUT2D eigenvalue weighted by Gasteiger charge is 2.11. The van der Waals surface area contributed by atoms with Gasteiger partial charge in [-0.2, -0.15) is 4.98 Å². The fourth-order valence-corrected chi connectivity index (χ4v) is 2.05. The number of carbonyl (C=O) groups is 1. The van der Waals surface area contributed by atoms with Crippen LogP contribution in [-0.2, 0) is 4.79 Å². The van der Waals surface area contributed by atoms with E-state index >= 15 is 0 Å². The minimum atomic E-state index is -1.04. The minimum Gasteiger partial charge on any atom is -0.482 e. The predicted octanol–water partition coefficient (Wildman–Crippen LogP) is 3.52. The number of ether oxygens (including phenoxy) is 1. The van der Waals surface area contributed by atoms with Crippen molar-refractivity contribution in [2.24, 2.45) is 0 Å². The summed E-state index contributed by atoms with van der Waals surface area (Å²) >= 11 is 5.85. The summed E-state index contributed by atoms with van der Waals surface area (Å²) in [5.41, 5.74) is 1.42. The van der Waals surface area contributed by atoms with E-state index < -0.39 is 12.6 Å². The lowest BCUT2D eigenvalue weighted by Gasteiger charge is -2.03. The maximum absolute atomic E-state index is 10.5.